The number of rotatable bonds is 4. The number of halogens is 1. The number of carbonyl (C=O) groups is 1. The maximum absolute atomic E-state index is 12.7. The third kappa shape index (κ3) is 3.07. The predicted octanol–water partition coefficient (Wildman–Crippen LogP) is 3.68. The molecule has 0 atom stereocenters. The first-order valence-corrected chi connectivity index (χ1v) is 9.27. The van der Waals surface area contributed by atoms with Gasteiger partial charge in [0.2, 0.25) is 0 Å². The van der Waals surface area contributed by atoms with E-state index in [0.717, 1.165) is 23.3 Å². The number of nitrogens with zero attached hydrogens (tertiary/aromatic N) is 2. The van der Waals surface area contributed by atoms with Gasteiger partial charge in [-0.05, 0) is 37.5 Å². The molecule has 1 aromatic carbocycles. The van der Waals surface area contributed by atoms with Crippen LogP contribution >= 0.6 is 22.9 Å². The van der Waals surface area contributed by atoms with E-state index in [0.29, 0.717) is 27.3 Å². The zero-order chi connectivity index (χ0) is 17.6. The Morgan fingerprint density at radius 1 is 1.44 bits per heavy atom. The van der Waals surface area contributed by atoms with Crippen molar-refractivity contribution in [2.45, 2.75) is 32.4 Å². The topological polar surface area (TPSA) is 64.0 Å². The Hall–Kier alpha value is -2.18. The largest absolute Gasteiger partial charge is 0.348 e. The molecule has 128 valence electrons. The number of hydrogen-bond acceptors (Lipinski definition) is 4. The highest BCUT2D eigenvalue weighted by atomic mass is 35.5. The fraction of sp³-hybridized carbons (Fsp3) is 0.278. The van der Waals surface area contributed by atoms with Gasteiger partial charge in [0.05, 0.1) is 11.9 Å². The third-order valence-corrected chi connectivity index (χ3v) is 5.63. The van der Waals surface area contributed by atoms with E-state index in [2.05, 4.69) is 10.3 Å². The SMILES string of the molecule is Cc1sc2c(=O)n(C3CC3)cnc2c1C(=O)NCc1cccc(Cl)c1. The number of amides is 1. The zero-order valence-corrected chi connectivity index (χ0v) is 15.2. The molecule has 3 aromatic rings. The molecule has 0 aliphatic heterocycles. The van der Waals surface area contributed by atoms with Crippen LogP contribution in [0.1, 0.15) is 39.7 Å². The summed E-state index contributed by atoms with van der Waals surface area (Å²) in [7, 11) is 0. The summed E-state index contributed by atoms with van der Waals surface area (Å²) >= 11 is 7.31. The molecule has 7 heteroatoms. The standard InChI is InChI=1S/C18H16ClN3O2S/c1-10-14(17(23)20-8-11-3-2-4-12(19)7-11)15-16(25-10)18(24)22(9-21-15)13-5-6-13/h2-4,7,9,13H,5-6,8H2,1H3,(H,20,23). The van der Waals surface area contributed by atoms with E-state index in [4.69, 9.17) is 11.6 Å². The number of fused-ring (bicyclic) bond motifs is 1. The second kappa shape index (κ2) is 6.28. The Labute approximate surface area is 153 Å². The van der Waals surface area contributed by atoms with Gasteiger partial charge in [0.15, 0.2) is 0 Å². The molecule has 2 heterocycles. The molecule has 0 bridgehead atoms. The maximum Gasteiger partial charge on any atom is 0.271 e. The summed E-state index contributed by atoms with van der Waals surface area (Å²) in [4.78, 5) is 30.5. The van der Waals surface area contributed by atoms with Gasteiger partial charge in [0.25, 0.3) is 11.5 Å². The van der Waals surface area contributed by atoms with Crippen molar-refractivity contribution < 1.29 is 4.79 Å². The van der Waals surface area contributed by atoms with Gasteiger partial charge in [-0.25, -0.2) is 4.98 Å². The molecule has 25 heavy (non-hydrogen) atoms. The van der Waals surface area contributed by atoms with Gasteiger partial charge < -0.3 is 5.32 Å². The van der Waals surface area contributed by atoms with Crippen LogP contribution in [-0.4, -0.2) is 15.5 Å². The van der Waals surface area contributed by atoms with Crippen molar-refractivity contribution in [1.82, 2.24) is 14.9 Å². The lowest BCUT2D eigenvalue weighted by molar-refractivity contribution is 0.0952. The van der Waals surface area contributed by atoms with Crippen LogP contribution in [0.25, 0.3) is 10.2 Å². The van der Waals surface area contributed by atoms with Gasteiger partial charge in [-0.1, -0.05) is 23.7 Å². The van der Waals surface area contributed by atoms with E-state index in [1.54, 1.807) is 17.0 Å². The summed E-state index contributed by atoms with van der Waals surface area (Å²) < 4.78 is 2.24. The first-order valence-electron chi connectivity index (χ1n) is 8.07. The van der Waals surface area contributed by atoms with Crippen LogP contribution in [0.2, 0.25) is 5.02 Å². The molecule has 1 fully saturated rings. The summed E-state index contributed by atoms with van der Waals surface area (Å²) in [5.74, 6) is -0.222. The molecule has 1 amide bonds. The van der Waals surface area contributed by atoms with Crippen molar-refractivity contribution >= 4 is 39.1 Å². The molecule has 1 N–H and O–H groups in total. The Morgan fingerprint density at radius 2 is 2.24 bits per heavy atom. The second-order valence-corrected chi connectivity index (χ2v) is 7.87. The number of aryl methyl sites for hydroxylation is 1. The van der Waals surface area contributed by atoms with Crippen LogP contribution in [0.4, 0.5) is 0 Å². The van der Waals surface area contributed by atoms with Gasteiger partial charge in [-0.2, -0.15) is 0 Å². The lowest BCUT2D eigenvalue weighted by atomic mass is 10.2. The Bertz CT molecular complexity index is 1040. The summed E-state index contributed by atoms with van der Waals surface area (Å²) in [5.41, 5.74) is 1.85. The van der Waals surface area contributed by atoms with E-state index in [-0.39, 0.29) is 17.5 Å². The van der Waals surface area contributed by atoms with Gasteiger partial charge >= 0.3 is 0 Å². The number of aromatic nitrogens is 2. The Kier molecular flexibility index (Phi) is 4.09. The van der Waals surface area contributed by atoms with Crippen molar-refractivity contribution in [3.8, 4) is 0 Å². The van der Waals surface area contributed by atoms with Crippen LogP contribution < -0.4 is 10.9 Å². The lowest BCUT2D eigenvalue weighted by Crippen LogP contribution is -2.24. The fourth-order valence-corrected chi connectivity index (χ4v) is 4.14. The summed E-state index contributed by atoms with van der Waals surface area (Å²) in [5, 5.41) is 3.52. The number of carbonyl (C=O) groups excluding carboxylic acids is 1. The predicted molar refractivity (Wildman–Crippen MR) is 99.5 cm³/mol. The molecule has 0 unspecified atom stereocenters. The van der Waals surface area contributed by atoms with E-state index >= 15 is 0 Å². The fourth-order valence-electron chi connectivity index (χ4n) is 2.89. The molecule has 1 aliphatic rings. The number of thiophene rings is 1. The van der Waals surface area contributed by atoms with Gasteiger partial charge in [-0.15, -0.1) is 11.3 Å². The summed E-state index contributed by atoms with van der Waals surface area (Å²) in [6.07, 6.45) is 3.61. The minimum atomic E-state index is -0.222. The van der Waals surface area contributed by atoms with E-state index in [1.165, 1.54) is 11.3 Å². The highest BCUT2D eigenvalue weighted by Crippen LogP contribution is 2.34. The van der Waals surface area contributed by atoms with Crippen LogP contribution in [-0.2, 0) is 6.54 Å². The van der Waals surface area contributed by atoms with E-state index in [1.807, 2.05) is 25.1 Å². The van der Waals surface area contributed by atoms with Crippen molar-refractivity contribution in [3.05, 3.63) is 62.0 Å². The molecule has 1 saturated carbocycles. The van der Waals surface area contributed by atoms with E-state index in [9.17, 15) is 9.59 Å². The molecular formula is C18H16ClN3O2S. The van der Waals surface area contributed by atoms with Crippen LogP contribution in [0.15, 0.2) is 35.4 Å². The molecule has 1 aliphatic carbocycles. The molecule has 0 saturated heterocycles. The van der Waals surface area contributed by atoms with Crippen molar-refractivity contribution in [3.63, 3.8) is 0 Å². The van der Waals surface area contributed by atoms with Crippen LogP contribution in [0.5, 0.6) is 0 Å². The second-order valence-electron chi connectivity index (χ2n) is 6.21. The number of benzene rings is 1. The van der Waals surface area contributed by atoms with Gasteiger partial charge in [0.1, 0.15) is 10.2 Å². The monoisotopic (exact) mass is 373 g/mol. The molecule has 5 nitrogen and oxygen atoms in total. The molecule has 0 radical (unpaired) electrons. The minimum absolute atomic E-state index is 0.0468. The maximum atomic E-state index is 12.7. The molecular weight excluding hydrogens is 358 g/mol. The third-order valence-electron chi connectivity index (χ3n) is 4.31. The summed E-state index contributed by atoms with van der Waals surface area (Å²) in [6, 6.07) is 7.62. The average Bonchev–Trinajstić information content (AvgIpc) is 3.36. The molecule has 2 aromatic heterocycles. The molecule has 0 spiro atoms. The molecule has 4 rings (SSSR count). The highest BCUT2D eigenvalue weighted by molar-refractivity contribution is 7.19. The highest BCUT2D eigenvalue weighted by Gasteiger charge is 2.27. The number of hydrogen-bond donors (Lipinski definition) is 1. The minimum Gasteiger partial charge on any atom is -0.348 e. The summed E-state index contributed by atoms with van der Waals surface area (Å²) in [6.45, 7) is 2.22. The van der Waals surface area contributed by atoms with Crippen LogP contribution in [0, 0.1) is 6.92 Å². The number of nitrogens with one attached hydrogen (secondary N) is 1. The van der Waals surface area contributed by atoms with Crippen molar-refractivity contribution in [2.24, 2.45) is 0 Å². The first-order chi connectivity index (χ1) is 12.0. The Morgan fingerprint density at radius 3 is 2.96 bits per heavy atom. The quantitative estimate of drug-likeness (QED) is 0.758. The zero-order valence-electron chi connectivity index (χ0n) is 13.6. The van der Waals surface area contributed by atoms with Crippen molar-refractivity contribution in [1.29, 1.82) is 0 Å². The smallest absolute Gasteiger partial charge is 0.271 e. The normalized spacial score (nSPS) is 14.0. The van der Waals surface area contributed by atoms with Crippen molar-refractivity contribution in [2.75, 3.05) is 0 Å². The average molecular weight is 374 g/mol. The van der Waals surface area contributed by atoms with Gasteiger partial charge in [0, 0.05) is 22.5 Å². The first kappa shape index (κ1) is 16.3. The van der Waals surface area contributed by atoms with Gasteiger partial charge in [-0.3, -0.25) is 14.2 Å². The van der Waals surface area contributed by atoms with E-state index < -0.39 is 0 Å². The van der Waals surface area contributed by atoms with Crippen LogP contribution in [0.3, 0.4) is 0 Å². The Balaban J connectivity index is 1.64. The lowest BCUT2D eigenvalue weighted by Gasteiger charge is -2.06.